The van der Waals surface area contributed by atoms with Gasteiger partial charge in [-0.15, -0.1) is 38.8 Å². The fraction of sp³-hybridized carbons (Fsp3) is 0.0682. The van der Waals surface area contributed by atoms with Gasteiger partial charge in [0.25, 0.3) is 0 Å². The summed E-state index contributed by atoms with van der Waals surface area (Å²) in [7, 11) is 0. The number of aryl methyl sites for hydroxylation is 1. The minimum Gasteiger partial charge on any atom is -0.319 e. The summed E-state index contributed by atoms with van der Waals surface area (Å²) in [5, 5.41) is 5.01. The Bertz CT molecular complexity index is 2680. The van der Waals surface area contributed by atoms with E-state index in [1.165, 1.54) is 0 Å². The van der Waals surface area contributed by atoms with Gasteiger partial charge >= 0.3 is 0 Å². The second-order valence-corrected chi connectivity index (χ2v) is 12.7. The van der Waals surface area contributed by atoms with Crippen molar-refractivity contribution in [1.82, 2.24) is 9.55 Å². The first-order valence-electron chi connectivity index (χ1n) is 17.9. The molecule has 10 rings (SSSR count). The van der Waals surface area contributed by atoms with Crippen LogP contribution in [0.5, 0.6) is 0 Å². The topological polar surface area (TPSA) is 37.1 Å². The SMILES string of the molecule is [2H]C([2H])([2H])N1[OH+]N(c2[c-]c(C3(c4[c-]c5c(cc4)c4ccccc4n5-c4cc(C)ccn4)c4ccccc4-c4ccccc43)ccc2)c2ccccc21.[Pt]. The molecule has 0 fully saturated rings. The van der Waals surface area contributed by atoms with Crippen molar-refractivity contribution in [3.63, 3.8) is 0 Å². The van der Waals surface area contributed by atoms with Gasteiger partial charge in [-0.05, 0) is 70.5 Å². The van der Waals surface area contributed by atoms with Crippen LogP contribution >= 0.6 is 0 Å². The van der Waals surface area contributed by atoms with Crippen molar-refractivity contribution in [3.8, 4) is 16.9 Å². The number of hydroxylamine groups is 1. The van der Waals surface area contributed by atoms with Gasteiger partial charge in [-0.1, -0.05) is 84.4 Å². The summed E-state index contributed by atoms with van der Waals surface area (Å²) in [4.78, 5) is 9.45. The monoisotopic (exact) mass is 829 g/mol. The van der Waals surface area contributed by atoms with Gasteiger partial charge in [0.05, 0.1) is 11.1 Å². The number of fused-ring (bicyclic) bond motifs is 7. The van der Waals surface area contributed by atoms with E-state index >= 15 is 0 Å². The molecule has 1 N–H and O–H groups in total. The van der Waals surface area contributed by atoms with Crippen molar-refractivity contribution < 1.29 is 30.1 Å². The van der Waals surface area contributed by atoms with Crippen molar-refractivity contribution in [2.45, 2.75) is 12.3 Å². The van der Waals surface area contributed by atoms with E-state index in [1.807, 2.05) is 42.6 Å². The normalized spacial score (nSPS) is 15.2. The van der Waals surface area contributed by atoms with Crippen LogP contribution in [0.4, 0.5) is 17.1 Å². The Labute approximate surface area is 309 Å². The van der Waals surface area contributed by atoms with E-state index < -0.39 is 12.4 Å². The summed E-state index contributed by atoms with van der Waals surface area (Å²) in [5.74, 6) is 0.836. The Morgan fingerprint density at radius 3 is 2.16 bits per heavy atom. The number of anilines is 3. The van der Waals surface area contributed by atoms with Crippen LogP contribution in [0.15, 0.2) is 146 Å². The first-order valence-corrected chi connectivity index (χ1v) is 16.4. The third-order valence-corrected chi connectivity index (χ3v) is 10.00. The van der Waals surface area contributed by atoms with E-state index in [4.69, 9.17) is 9.10 Å². The number of rotatable bonds is 4. The molecule has 1 aliphatic carbocycles. The predicted molar refractivity (Wildman–Crippen MR) is 197 cm³/mol. The molecule has 3 heterocycles. The number of nitrogens with zero attached hydrogens (tertiary/aromatic N) is 4. The van der Waals surface area contributed by atoms with Gasteiger partial charge in [0.15, 0.2) is 0 Å². The molecule has 244 valence electrons. The standard InChI is InChI=1S/C44H30N4O.Pt/c1-29-24-25-45-43(26-29)47-39-19-8-5-16-35(39)36-23-22-31(28-42(36)47)44(37-17-6-3-14-33(37)34-15-4-7-18-38(34)44)30-12-11-13-32(27-30)48-41-21-10-9-20-40(41)46(2)49-48;/h3-26H,1-2H3;/q-2;/p+1/i2D3;. The molecule has 8 aromatic rings. The Morgan fingerprint density at radius 1 is 0.680 bits per heavy atom. The van der Waals surface area contributed by atoms with E-state index in [0.717, 1.165) is 71.6 Å². The van der Waals surface area contributed by atoms with Crippen molar-refractivity contribution in [2.24, 2.45) is 0 Å². The first-order chi connectivity index (χ1) is 25.3. The quantitative estimate of drug-likeness (QED) is 0.131. The number of hydrogen-bond acceptors (Lipinski definition) is 3. The number of hydrogen-bond donors (Lipinski definition) is 0. The zero-order valence-corrected chi connectivity index (χ0v) is 29.2. The van der Waals surface area contributed by atoms with Gasteiger partial charge in [0.1, 0.15) is 17.2 Å². The Hall–Kier alpha value is -5.48. The van der Waals surface area contributed by atoms with Crippen molar-refractivity contribution >= 4 is 38.9 Å². The smallest absolute Gasteiger partial charge is 0.145 e. The molecular formula is C44H31N4OPt-. The number of aromatic nitrogens is 2. The second-order valence-electron chi connectivity index (χ2n) is 12.7. The molecule has 2 aromatic heterocycles. The van der Waals surface area contributed by atoms with E-state index in [2.05, 4.69) is 126 Å². The molecule has 5 nitrogen and oxygen atoms in total. The van der Waals surface area contributed by atoms with Gasteiger partial charge < -0.3 is 4.57 Å². The van der Waals surface area contributed by atoms with Crippen LogP contribution in [0, 0.1) is 19.1 Å². The Kier molecular flexibility index (Phi) is 6.32. The molecule has 0 atom stereocenters. The fourth-order valence-electron chi connectivity index (χ4n) is 7.94. The van der Waals surface area contributed by atoms with Crippen LogP contribution in [0.2, 0.25) is 0 Å². The van der Waals surface area contributed by atoms with Gasteiger partial charge in [-0.25, -0.2) is 4.98 Å². The zero-order valence-electron chi connectivity index (χ0n) is 29.9. The zero-order chi connectivity index (χ0) is 35.2. The molecule has 2 aliphatic rings. The third kappa shape index (κ3) is 4.24. The maximum atomic E-state index is 8.21. The molecular weight excluding hydrogens is 796 g/mol. The predicted octanol–water partition coefficient (Wildman–Crippen LogP) is 9.88. The van der Waals surface area contributed by atoms with Crippen molar-refractivity contribution in [3.05, 3.63) is 186 Å². The minimum atomic E-state index is -2.46. The van der Waals surface area contributed by atoms with Crippen LogP contribution in [0.1, 0.15) is 31.9 Å². The third-order valence-electron chi connectivity index (χ3n) is 10.00. The number of para-hydroxylation sites is 3. The van der Waals surface area contributed by atoms with Crippen LogP contribution in [-0.4, -0.2) is 21.5 Å². The summed E-state index contributed by atoms with van der Waals surface area (Å²) in [6.07, 6.45) is 1.86. The summed E-state index contributed by atoms with van der Waals surface area (Å²) in [6.45, 7) is -0.372. The van der Waals surface area contributed by atoms with Gasteiger partial charge in [-0.2, -0.15) is 35.3 Å². The molecule has 0 saturated heterocycles. The summed E-state index contributed by atoms with van der Waals surface area (Å²) < 4.78 is 26.8. The summed E-state index contributed by atoms with van der Waals surface area (Å²) >= 11 is 0. The molecule has 0 amide bonds. The van der Waals surface area contributed by atoms with Crippen LogP contribution in [0.25, 0.3) is 38.8 Å². The summed E-state index contributed by atoms with van der Waals surface area (Å²) in [5.41, 5.74) is 10.5. The average Bonchev–Trinajstić information content (AvgIpc) is 3.82. The molecule has 0 unspecified atom stereocenters. The minimum absolute atomic E-state index is 0. The Balaban J connectivity index is 0.00000372. The second kappa shape index (κ2) is 11.6. The van der Waals surface area contributed by atoms with Gasteiger partial charge in [0.2, 0.25) is 0 Å². The number of benzene rings is 6. The average molecular weight is 830 g/mol. The molecule has 1 aliphatic heterocycles. The van der Waals surface area contributed by atoms with Gasteiger partial charge in [0, 0.05) is 43.9 Å². The van der Waals surface area contributed by atoms with Crippen LogP contribution in [-0.2, 0) is 26.5 Å². The van der Waals surface area contributed by atoms with Crippen LogP contribution < -0.4 is 10.1 Å². The fourth-order valence-corrected chi connectivity index (χ4v) is 7.94. The molecule has 6 aromatic carbocycles. The maximum absolute atomic E-state index is 8.21. The summed E-state index contributed by atoms with van der Waals surface area (Å²) in [6, 6.07) is 55.3. The molecule has 0 spiro atoms. The van der Waals surface area contributed by atoms with E-state index in [0.29, 0.717) is 17.1 Å². The van der Waals surface area contributed by atoms with Crippen molar-refractivity contribution in [1.29, 1.82) is 0 Å². The molecule has 0 radical (unpaired) electrons. The van der Waals surface area contributed by atoms with Gasteiger partial charge in [-0.3, -0.25) is 0 Å². The largest absolute Gasteiger partial charge is 0.319 e. The maximum Gasteiger partial charge on any atom is 0.145 e. The van der Waals surface area contributed by atoms with E-state index in [1.54, 1.807) is 11.1 Å². The Morgan fingerprint density at radius 2 is 1.38 bits per heavy atom. The molecule has 6 heteroatoms. The molecule has 50 heavy (non-hydrogen) atoms. The number of pyridine rings is 1. The van der Waals surface area contributed by atoms with E-state index in [-0.39, 0.29) is 21.1 Å². The molecule has 0 saturated carbocycles. The molecule has 0 bridgehead atoms. The van der Waals surface area contributed by atoms with Crippen LogP contribution in [0.3, 0.4) is 0 Å². The van der Waals surface area contributed by atoms with E-state index in [9.17, 15) is 0 Å². The first kappa shape index (κ1) is 27.4. The van der Waals surface area contributed by atoms with Crippen molar-refractivity contribution in [2.75, 3.05) is 17.1 Å².